The van der Waals surface area contributed by atoms with Crippen LogP contribution in [0.15, 0.2) is 0 Å². The molecule has 0 bridgehead atoms. The van der Waals surface area contributed by atoms with Gasteiger partial charge < -0.3 is 10.2 Å². The van der Waals surface area contributed by atoms with E-state index in [1.165, 1.54) is 25.9 Å². The lowest BCUT2D eigenvalue weighted by Crippen LogP contribution is -2.40. The quantitative estimate of drug-likeness (QED) is 0.740. The smallest absolute Gasteiger partial charge is 0.153 e. The first-order chi connectivity index (χ1) is 7.92. The van der Waals surface area contributed by atoms with E-state index >= 15 is 0 Å². The second-order valence-electron chi connectivity index (χ2n) is 5.28. The van der Waals surface area contributed by atoms with E-state index in [0.29, 0.717) is 12.6 Å². The molecule has 1 N–H and O–H groups in total. The topological polar surface area (TPSA) is 49.4 Å². The molecule has 1 saturated heterocycles. The number of sulfone groups is 1. The van der Waals surface area contributed by atoms with Crippen LogP contribution in [0.4, 0.5) is 0 Å². The number of nitrogens with zero attached hydrogens (tertiary/aromatic N) is 1. The number of nitrogens with one attached hydrogen (secondary N) is 1. The van der Waals surface area contributed by atoms with Gasteiger partial charge >= 0.3 is 0 Å². The van der Waals surface area contributed by atoms with Crippen molar-refractivity contribution >= 4 is 9.84 Å². The van der Waals surface area contributed by atoms with Gasteiger partial charge in [0.25, 0.3) is 0 Å². The van der Waals surface area contributed by atoms with Crippen LogP contribution in [0.3, 0.4) is 0 Å². The zero-order chi connectivity index (χ0) is 12.9. The van der Waals surface area contributed by atoms with Gasteiger partial charge in [-0.1, -0.05) is 0 Å². The van der Waals surface area contributed by atoms with E-state index in [9.17, 15) is 8.42 Å². The van der Waals surface area contributed by atoms with Crippen LogP contribution in [0.25, 0.3) is 0 Å². The number of likely N-dealkylation sites (tertiary alicyclic amines) is 1. The molecule has 102 valence electrons. The maximum Gasteiger partial charge on any atom is 0.153 e. The number of rotatable bonds is 7. The predicted molar refractivity (Wildman–Crippen MR) is 72.1 cm³/mol. The van der Waals surface area contributed by atoms with Crippen molar-refractivity contribution < 1.29 is 8.42 Å². The Morgan fingerprint density at radius 1 is 1.18 bits per heavy atom. The maximum absolute atomic E-state index is 11.6. The van der Waals surface area contributed by atoms with Crippen LogP contribution in [0.2, 0.25) is 0 Å². The molecule has 0 aliphatic carbocycles. The monoisotopic (exact) mass is 262 g/mol. The zero-order valence-corrected chi connectivity index (χ0v) is 12.1. The lowest BCUT2D eigenvalue weighted by molar-refractivity contribution is 0.301. The van der Waals surface area contributed by atoms with Gasteiger partial charge in [0.2, 0.25) is 0 Å². The molecular formula is C12H26N2O2S. The first kappa shape index (κ1) is 14.9. The summed E-state index contributed by atoms with van der Waals surface area (Å²) < 4.78 is 23.2. The normalized spacial score (nSPS) is 20.0. The van der Waals surface area contributed by atoms with Crippen LogP contribution in [0.5, 0.6) is 0 Å². The number of hydrogen-bond donors (Lipinski definition) is 1. The van der Waals surface area contributed by atoms with E-state index in [2.05, 4.69) is 17.1 Å². The molecule has 0 saturated carbocycles. The Balaban J connectivity index is 2.17. The van der Waals surface area contributed by atoms with Gasteiger partial charge in [0.1, 0.15) is 0 Å². The van der Waals surface area contributed by atoms with Crippen molar-refractivity contribution in [3.05, 3.63) is 0 Å². The Hall–Kier alpha value is -0.130. The van der Waals surface area contributed by atoms with Crippen molar-refractivity contribution in [1.29, 1.82) is 0 Å². The van der Waals surface area contributed by atoms with E-state index in [4.69, 9.17) is 0 Å². The molecule has 0 spiro atoms. The van der Waals surface area contributed by atoms with Gasteiger partial charge in [-0.2, -0.15) is 0 Å². The first-order valence-corrected chi connectivity index (χ1v) is 8.30. The van der Waals surface area contributed by atoms with Crippen LogP contribution in [0.1, 0.15) is 33.6 Å². The summed E-state index contributed by atoms with van der Waals surface area (Å²) in [6.45, 7) is 9.58. The van der Waals surface area contributed by atoms with Crippen molar-refractivity contribution in [1.82, 2.24) is 10.2 Å². The van der Waals surface area contributed by atoms with Gasteiger partial charge in [0, 0.05) is 19.1 Å². The summed E-state index contributed by atoms with van der Waals surface area (Å²) in [5.41, 5.74) is 0. The molecule has 0 amide bonds. The maximum atomic E-state index is 11.6. The molecule has 17 heavy (non-hydrogen) atoms. The predicted octanol–water partition coefficient (Wildman–Crippen LogP) is 0.884. The molecule has 1 aliphatic heterocycles. The molecule has 1 fully saturated rings. The van der Waals surface area contributed by atoms with Crippen molar-refractivity contribution in [3.63, 3.8) is 0 Å². The van der Waals surface area contributed by atoms with E-state index in [-0.39, 0.29) is 11.0 Å². The lowest BCUT2D eigenvalue weighted by atomic mass is 10.3. The van der Waals surface area contributed by atoms with E-state index in [1.807, 2.05) is 0 Å². The molecular weight excluding hydrogens is 236 g/mol. The second-order valence-corrected chi connectivity index (χ2v) is 7.96. The minimum absolute atomic E-state index is 0.245. The minimum Gasteiger partial charge on any atom is -0.312 e. The molecule has 0 aromatic rings. The SMILES string of the molecule is CC(CN1CCCC1)NCCS(=O)(=O)C(C)C. The summed E-state index contributed by atoms with van der Waals surface area (Å²) in [7, 11) is -2.90. The molecule has 1 atom stereocenters. The second kappa shape index (κ2) is 6.71. The zero-order valence-electron chi connectivity index (χ0n) is 11.3. The van der Waals surface area contributed by atoms with Crippen LogP contribution >= 0.6 is 0 Å². The molecule has 0 aromatic carbocycles. The van der Waals surface area contributed by atoms with Gasteiger partial charge in [-0.25, -0.2) is 8.42 Å². The first-order valence-electron chi connectivity index (χ1n) is 6.59. The average Bonchev–Trinajstić information content (AvgIpc) is 2.69. The summed E-state index contributed by atoms with van der Waals surface area (Å²) in [4.78, 5) is 2.44. The fourth-order valence-corrected chi connectivity index (χ4v) is 2.97. The Morgan fingerprint density at radius 2 is 1.76 bits per heavy atom. The highest BCUT2D eigenvalue weighted by Gasteiger charge is 2.17. The minimum atomic E-state index is -2.90. The van der Waals surface area contributed by atoms with Gasteiger partial charge in [-0.3, -0.25) is 0 Å². The molecule has 5 heteroatoms. The third kappa shape index (κ3) is 5.36. The number of hydrogen-bond acceptors (Lipinski definition) is 4. The van der Waals surface area contributed by atoms with Gasteiger partial charge in [0.05, 0.1) is 11.0 Å². The van der Waals surface area contributed by atoms with Crippen molar-refractivity contribution in [3.8, 4) is 0 Å². The van der Waals surface area contributed by atoms with Crippen LogP contribution in [-0.4, -0.2) is 56.5 Å². The fourth-order valence-electron chi connectivity index (χ4n) is 2.10. The third-order valence-electron chi connectivity index (χ3n) is 3.33. The molecule has 0 radical (unpaired) electrons. The molecule has 1 rings (SSSR count). The van der Waals surface area contributed by atoms with Crippen LogP contribution in [0, 0.1) is 0 Å². The molecule has 1 aliphatic rings. The van der Waals surface area contributed by atoms with Crippen molar-refractivity contribution in [2.45, 2.75) is 44.9 Å². The van der Waals surface area contributed by atoms with Crippen LogP contribution in [-0.2, 0) is 9.84 Å². The lowest BCUT2D eigenvalue weighted by Gasteiger charge is -2.21. The molecule has 1 unspecified atom stereocenters. The summed E-state index contributed by atoms with van der Waals surface area (Å²) in [6, 6.07) is 0.371. The largest absolute Gasteiger partial charge is 0.312 e. The standard InChI is InChI=1S/C12H26N2O2S/c1-11(2)17(15,16)9-6-13-12(3)10-14-7-4-5-8-14/h11-13H,4-10H2,1-3H3. The summed E-state index contributed by atoms with van der Waals surface area (Å²) in [5.74, 6) is 0.245. The van der Waals surface area contributed by atoms with E-state index in [0.717, 1.165) is 6.54 Å². The summed E-state index contributed by atoms with van der Waals surface area (Å²) in [5, 5.41) is 3.03. The van der Waals surface area contributed by atoms with E-state index < -0.39 is 9.84 Å². The van der Waals surface area contributed by atoms with Gasteiger partial charge in [-0.15, -0.1) is 0 Å². The third-order valence-corrected chi connectivity index (χ3v) is 5.54. The Labute approximate surface area is 106 Å². The highest BCUT2D eigenvalue weighted by Crippen LogP contribution is 2.07. The summed E-state index contributed by atoms with van der Waals surface area (Å²) >= 11 is 0. The molecule has 0 aromatic heterocycles. The molecule has 4 nitrogen and oxygen atoms in total. The van der Waals surface area contributed by atoms with E-state index in [1.54, 1.807) is 13.8 Å². The van der Waals surface area contributed by atoms with Crippen molar-refractivity contribution in [2.75, 3.05) is 31.9 Å². The Morgan fingerprint density at radius 3 is 2.29 bits per heavy atom. The highest BCUT2D eigenvalue weighted by molar-refractivity contribution is 7.92. The fraction of sp³-hybridized carbons (Fsp3) is 1.00. The Kier molecular flexibility index (Phi) is 5.89. The van der Waals surface area contributed by atoms with Crippen LogP contribution < -0.4 is 5.32 Å². The summed E-state index contributed by atoms with van der Waals surface area (Å²) in [6.07, 6.45) is 2.60. The van der Waals surface area contributed by atoms with Gasteiger partial charge in [0.15, 0.2) is 9.84 Å². The Bertz CT molecular complexity index is 308. The average molecular weight is 262 g/mol. The van der Waals surface area contributed by atoms with Crippen molar-refractivity contribution in [2.24, 2.45) is 0 Å². The van der Waals surface area contributed by atoms with Gasteiger partial charge in [-0.05, 0) is 46.7 Å². The highest BCUT2D eigenvalue weighted by atomic mass is 32.2. The molecule has 1 heterocycles.